The van der Waals surface area contributed by atoms with Crippen LogP contribution in [0.2, 0.25) is 10.0 Å². The Balaban J connectivity index is 1.45. The number of imidazole rings is 1. The molecule has 0 saturated carbocycles. The minimum Gasteiger partial charge on any atom is -0.460 e. The minimum absolute atomic E-state index is 0.239. The summed E-state index contributed by atoms with van der Waals surface area (Å²) in [6.45, 7) is 4.27. The van der Waals surface area contributed by atoms with E-state index >= 15 is 0 Å². The normalized spacial score (nSPS) is 14.0. The number of hydrogen-bond acceptors (Lipinski definition) is 5. The van der Waals surface area contributed by atoms with Crippen molar-refractivity contribution in [1.82, 2.24) is 19.4 Å². The summed E-state index contributed by atoms with van der Waals surface area (Å²) < 4.78 is 27.0. The van der Waals surface area contributed by atoms with Crippen molar-refractivity contribution in [2.75, 3.05) is 39.5 Å². The van der Waals surface area contributed by atoms with Gasteiger partial charge in [-0.05, 0) is 54.1 Å². The van der Waals surface area contributed by atoms with E-state index < -0.39 is 5.97 Å². The Bertz CT molecular complexity index is 1680. The molecular formula is C31H27Cl2FN4O3. The molecule has 1 fully saturated rings. The summed E-state index contributed by atoms with van der Waals surface area (Å²) in [5, 5.41) is 1.96. The Kier molecular flexibility index (Phi) is 8.07. The number of carbonyl (C=O) groups is 1. The van der Waals surface area contributed by atoms with Crippen LogP contribution in [0.25, 0.3) is 33.4 Å². The monoisotopic (exact) mass is 592 g/mol. The fourth-order valence-electron chi connectivity index (χ4n) is 5.10. The van der Waals surface area contributed by atoms with Crippen LogP contribution in [0.5, 0.6) is 0 Å². The first-order chi connectivity index (χ1) is 20.0. The number of ether oxygens (including phenoxy) is 2. The number of aromatic amines is 1. The molecular weight excluding hydrogens is 566 g/mol. The number of nitrogens with zero attached hydrogens (tertiary/aromatic N) is 3. The lowest BCUT2D eigenvalue weighted by Crippen LogP contribution is -2.38. The number of benzene rings is 3. The number of H-pyrrole nitrogens is 1. The summed E-state index contributed by atoms with van der Waals surface area (Å²) in [5.74, 6) is -0.827. The Hall–Kier alpha value is -3.69. The third-order valence-corrected chi connectivity index (χ3v) is 7.65. The van der Waals surface area contributed by atoms with Gasteiger partial charge in [0.15, 0.2) is 0 Å². The second kappa shape index (κ2) is 12.0. The average Bonchev–Trinajstić information content (AvgIpc) is 3.55. The van der Waals surface area contributed by atoms with Gasteiger partial charge in [-0.1, -0.05) is 41.4 Å². The maximum Gasteiger partial charge on any atom is 0.355 e. The fourth-order valence-corrected chi connectivity index (χ4v) is 5.40. The van der Waals surface area contributed by atoms with Crippen LogP contribution in [0, 0.1) is 5.82 Å². The maximum atomic E-state index is 13.8. The Morgan fingerprint density at radius 3 is 2.49 bits per heavy atom. The van der Waals surface area contributed by atoms with Gasteiger partial charge in [-0.2, -0.15) is 0 Å². The number of hydrogen-bond donors (Lipinski definition) is 1. The van der Waals surface area contributed by atoms with Crippen molar-refractivity contribution < 1.29 is 18.7 Å². The van der Waals surface area contributed by atoms with Gasteiger partial charge in [0.2, 0.25) is 0 Å². The summed E-state index contributed by atoms with van der Waals surface area (Å²) >= 11 is 12.5. The molecule has 0 radical (unpaired) electrons. The average molecular weight is 593 g/mol. The molecule has 41 heavy (non-hydrogen) atoms. The van der Waals surface area contributed by atoms with Gasteiger partial charge in [0, 0.05) is 58.3 Å². The molecule has 3 heterocycles. The molecule has 3 aromatic carbocycles. The molecule has 6 rings (SSSR count). The number of carbonyl (C=O) groups excluding carboxylic acids is 1. The Labute approximate surface area is 246 Å². The first-order valence-corrected chi connectivity index (χ1v) is 14.1. The topological polar surface area (TPSA) is 72.4 Å². The Morgan fingerprint density at radius 2 is 1.73 bits per heavy atom. The summed E-state index contributed by atoms with van der Waals surface area (Å²) in [7, 11) is 0. The number of nitrogens with one attached hydrogen (secondary N) is 1. The van der Waals surface area contributed by atoms with Gasteiger partial charge in [-0.15, -0.1) is 0 Å². The third-order valence-electron chi connectivity index (χ3n) is 7.17. The molecule has 2 aromatic heterocycles. The van der Waals surface area contributed by atoms with Crippen LogP contribution in [0.1, 0.15) is 16.1 Å². The van der Waals surface area contributed by atoms with E-state index in [1.807, 2.05) is 34.9 Å². The summed E-state index contributed by atoms with van der Waals surface area (Å²) in [4.78, 5) is 23.8. The highest BCUT2D eigenvalue weighted by Crippen LogP contribution is 2.40. The van der Waals surface area contributed by atoms with Crippen molar-refractivity contribution in [3.8, 4) is 22.5 Å². The Morgan fingerprint density at radius 1 is 1.00 bits per heavy atom. The quantitative estimate of drug-likeness (QED) is 0.203. The predicted octanol–water partition coefficient (Wildman–Crippen LogP) is 6.68. The molecule has 1 aliphatic rings. The molecule has 0 amide bonds. The number of rotatable bonds is 8. The molecule has 1 aliphatic heterocycles. The molecule has 5 aromatic rings. The van der Waals surface area contributed by atoms with E-state index in [1.54, 1.807) is 30.6 Å². The van der Waals surface area contributed by atoms with E-state index in [4.69, 9.17) is 37.7 Å². The van der Waals surface area contributed by atoms with Crippen LogP contribution in [-0.4, -0.2) is 64.9 Å². The largest absolute Gasteiger partial charge is 0.460 e. The molecule has 1 N–H and O–H groups in total. The summed E-state index contributed by atoms with van der Waals surface area (Å²) in [6.07, 6.45) is 1.73. The molecule has 1 saturated heterocycles. The molecule has 210 valence electrons. The van der Waals surface area contributed by atoms with Gasteiger partial charge < -0.3 is 19.0 Å². The third kappa shape index (κ3) is 6.01. The highest BCUT2D eigenvalue weighted by atomic mass is 35.5. The van der Waals surface area contributed by atoms with E-state index in [0.29, 0.717) is 70.1 Å². The zero-order chi connectivity index (χ0) is 28.3. The van der Waals surface area contributed by atoms with Gasteiger partial charge in [0.1, 0.15) is 18.1 Å². The fraction of sp³-hybridized carbons (Fsp3) is 0.226. The van der Waals surface area contributed by atoms with Crippen LogP contribution in [-0.2, 0) is 16.0 Å². The highest BCUT2D eigenvalue weighted by Gasteiger charge is 2.27. The number of aromatic nitrogens is 3. The van der Waals surface area contributed by atoms with Gasteiger partial charge >= 0.3 is 5.97 Å². The molecule has 10 heteroatoms. The summed E-state index contributed by atoms with van der Waals surface area (Å²) in [6, 6.07) is 19.1. The number of morpholine rings is 1. The van der Waals surface area contributed by atoms with Crippen molar-refractivity contribution in [3.63, 3.8) is 0 Å². The molecule has 0 unspecified atom stereocenters. The smallest absolute Gasteiger partial charge is 0.355 e. The standard InChI is InChI=1S/C31H27Cl2FN4O3/c32-22-5-1-20(2-6-22)18-38-19-35-28(21-3-8-24(34)9-4-21)30(38)27-25-10-7-23(33)17-26(25)36-29(27)31(39)41-16-13-37-11-14-40-15-12-37/h1-10,17,19,36H,11-16,18H2. The van der Waals surface area contributed by atoms with Crippen LogP contribution in [0.15, 0.2) is 73.1 Å². The maximum absolute atomic E-state index is 13.8. The minimum atomic E-state index is -0.482. The van der Waals surface area contributed by atoms with Crippen molar-refractivity contribution in [1.29, 1.82) is 0 Å². The lowest BCUT2D eigenvalue weighted by molar-refractivity contribution is 0.0194. The van der Waals surface area contributed by atoms with E-state index in [-0.39, 0.29) is 12.4 Å². The zero-order valence-corrected chi connectivity index (χ0v) is 23.6. The first-order valence-electron chi connectivity index (χ1n) is 13.3. The second-order valence-electron chi connectivity index (χ2n) is 9.86. The molecule has 0 bridgehead atoms. The van der Waals surface area contributed by atoms with Crippen LogP contribution >= 0.6 is 23.2 Å². The summed E-state index contributed by atoms with van der Waals surface area (Å²) in [5.41, 5.74) is 4.64. The van der Waals surface area contributed by atoms with Crippen molar-refractivity contribution >= 4 is 40.1 Å². The first kappa shape index (κ1) is 27.5. The van der Waals surface area contributed by atoms with Gasteiger partial charge in [0.05, 0.1) is 30.9 Å². The van der Waals surface area contributed by atoms with Crippen molar-refractivity contribution in [2.45, 2.75) is 6.54 Å². The molecule has 0 spiro atoms. The van der Waals surface area contributed by atoms with Gasteiger partial charge in [-0.3, -0.25) is 4.90 Å². The lowest BCUT2D eigenvalue weighted by Gasteiger charge is -2.26. The van der Waals surface area contributed by atoms with Crippen LogP contribution in [0.4, 0.5) is 4.39 Å². The van der Waals surface area contributed by atoms with E-state index in [1.165, 1.54) is 12.1 Å². The highest BCUT2D eigenvalue weighted by molar-refractivity contribution is 6.31. The lowest BCUT2D eigenvalue weighted by atomic mass is 10.0. The van der Waals surface area contributed by atoms with Gasteiger partial charge in [-0.25, -0.2) is 14.2 Å². The van der Waals surface area contributed by atoms with Crippen molar-refractivity contribution in [3.05, 3.63) is 100 Å². The van der Waals surface area contributed by atoms with E-state index in [0.717, 1.165) is 24.0 Å². The van der Waals surface area contributed by atoms with Crippen LogP contribution < -0.4 is 0 Å². The molecule has 0 aliphatic carbocycles. The number of halogens is 3. The van der Waals surface area contributed by atoms with E-state index in [2.05, 4.69) is 9.88 Å². The van der Waals surface area contributed by atoms with Crippen molar-refractivity contribution in [2.24, 2.45) is 0 Å². The second-order valence-corrected chi connectivity index (χ2v) is 10.7. The SMILES string of the molecule is O=C(OCCN1CCOCC1)c1[nH]c2cc(Cl)ccc2c1-c1c(-c2ccc(F)cc2)ncn1Cc1ccc(Cl)cc1. The van der Waals surface area contributed by atoms with Gasteiger partial charge in [0.25, 0.3) is 0 Å². The zero-order valence-electron chi connectivity index (χ0n) is 22.1. The van der Waals surface area contributed by atoms with Crippen LogP contribution in [0.3, 0.4) is 0 Å². The van der Waals surface area contributed by atoms with E-state index in [9.17, 15) is 9.18 Å². The molecule has 0 atom stereocenters. The predicted molar refractivity (Wildman–Crippen MR) is 158 cm³/mol. The molecule has 7 nitrogen and oxygen atoms in total. The number of fused-ring (bicyclic) bond motifs is 1. The number of esters is 1.